The van der Waals surface area contributed by atoms with Crippen molar-refractivity contribution in [3.63, 3.8) is 0 Å². The lowest BCUT2D eigenvalue weighted by atomic mass is 9.96. The Kier molecular flexibility index (Phi) is 2.70. The molecule has 1 aromatic rings. The van der Waals surface area contributed by atoms with E-state index >= 15 is 0 Å². The maximum atomic E-state index is 6.22. The van der Waals surface area contributed by atoms with Gasteiger partial charge in [-0.1, -0.05) is 6.07 Å². The Bertz CT molecular complexity index is 369. The molecule has 0 aromatic heterocycles. The fourth-order valence-corrected chi connectivity index (χ4v) is 2.10. The van der Waals surface area contributed by atoms with Crippen LogP contribution in [0.15, 0.2) is 12.1 Å². The molecule has 0 saturated heterocycles. The number of nitrogens with two attached hydrogens (primary N) is 1. The van der Waals surface area contributed by atoms with Gasteiger partial charge < -0.3 is 10.5 Å². The van der Waals surface area contributed by atoms with E-state index < -0.39 is 0 Å². The normalized spacial score (nSPS) is 17.6. The number of hydrogen-bond acceptors (Lipinski definition) is 2. The number of ether oxygens (including phenoxy) is 1. The van der Waals surface area contributed by atoms with Gasteiger partial charge in [-0.05, 0) is 55.4 Å². The monoisotopic (exact) mass is 205 g/mol. The minimum atomic E-state index is 0.217. The van der Waals surface area contributed by atoms with E-state index in [0.29, 0.717) is 5.92 Å². The van der Waals surface area contributed by atoms with Crippen LogP contribution in [0.4, 0.5) is 0 Å². The quantitative estimate of drug-likeness (QED) is 0.823. The molecule has 2 nitrogen and oxygen atoms in total. The molecule has 0 spiro atoms. The van der Waals surface area contributed by atoms with E-state index in [-0.39, 0.29) is 6.04 Å². The van der Waals surface area contributed by atoms with Crippen molar-refractivity contribution in [1.82, 2.24) is 0 Å². The maximum Gasteiger partial charge on any atom is 0.122 e. The Morgan fingerprint density at radius 2 is 1.93 bits per heavy atom. The summed E-state index contributed by atoms with van der Waals surface area (Å²) >= 11 is 0. The molecule has 1 aliphatic rings. The van der Waals surface area contributed by atoms with Crippen molar-refractivity contribution < 1.29 is 4.74 Å². The lowest BCUT2D eigenvalue weighted by Crippen LogP contribution is -2.14. The fraction of sp³-hybridized carbons (Fsp3) is 0.538. The molecule has 2 N–H and O–H groups in total. The van der Waals surface area contributed by atoms with Gasteiger partial charge in [-0.2, -0.15) is 0 Å². The first-order valence-corrected chi connectivity index (χ1v) is 5.54. The zero-order valence-electron chi connectivity index (χ0n) is 9.71. The molecule has 1 saturated carbocycles. The van der Waals surface area contributed by atoms with E-state index in [0.717, 1.165) is 5.75 Å². The van der Waals surface area contributed by atoms with Gasteiger partial charge in [0.05, 0.1) is 7.11 Å². The first kappa shape index (κ1) is 10.5. The van der Waals surface area contributed by atoms with Gasteiger partial charge in [0.1, 0.15) is 5.75 Å². The summed E-state index contributed by atoms with van der Waals surface area (Å²) in [5, 5.41) is 0. The minimum Gasteiger partial charge on any atom is -0.496 e. The molecule has 82 valence electrons. The molecule has 1 aliphatic carbocycles. The van der Waals surface area contributed by atoms with Crippen LogP contribution < -0.4 is 10.5 Å². The molecule has 1 unspecified atom stereocenters. The van der Waals surface area contributed by atoms with E-state index in [1.165, 1.54) is 29.5 Å². The fourth-order valence-electron chi connectivity index (χ4n) is 2.10. The smallest absolute Gasteiger partial charge is 0.122 e. The largest absolute Gasteiger partial charge is 0.496 e. The minimum absolute atomic E-state index is 0.217. The average molecular weight is 205 g/mol. The van der Waals surface area contributed by atoms with Crippen LogP contribution >= 0.6 is 0 Å². The summed E-state index contributed by atoms with van der Waals surface area (Å²) in [5.74, 6) is 1.66. The van der Waals surface area contributed by atoms with Gasteiger partial charge in [-0.3, -0.25) is 0 Å². The van der Waals surface area contributed by atoms with Crippen LogP contribution in [0.3, 0.4) is 0 Å². The number of hydrogen-bond donors (Lipinski definition) is 1. The summed E-state index contributed by atoms with van der Waals surface area (Å²) in [6, 6.07) is 4.49. The number of benzene rings is 1. The van der Waals surface area contributed by atoms with Gasteiger partial charge in [-0.15, -0.1) is 0 Å². The van der Waals surface area contributed by atoms with Crippen molar-refractivity contribution in [2.75, 3.05) is 7.11 Å². The Morgan fingerprint density at radius 1 is 1.27 bits per heavy atom. The van der Waals surface area contributed by atoms with Crippen molar-refractivity contribution in [2.24, 2.45) is 11.7 Å². The number of aryl methyl sites for hydroxylation is 2. The molecule has 1 atom stereocenters. The zero-order valence-corrected chi connectivity index (χ0v) is 9.71. The molecular formula is C13H19NO. The second kappa shape index (κ2) is 3.86. The highest BCUT2D eigenvalue weighted by Crippen LogP contribution is 2.41. The summed E-state index contributed by atoms with van der Waals surface area (Å²) in [7, 11) is 1.71. The van der Waals surface area contributed by atoms with Gasteiger partial charge >= 0.3 is 0 Å². The van der Waals surface area contributed by atoms with Crippen LogP contribution in [0, 0.1) is 19.8 Å². The highest BCUT2D eigenvalue weighted by Gasteiger charge is 2.30. The van der Waals surface area contributed by atoms with Crippen LogP contribution in [0.5, 0.6) is 5.75 Å². The van der Waals surface area contributed by atoms with E-state index in [2.05, 4.69) is 26.0 Å². The molecule has 0 heterocycles. The molecule has 2 heteroatoms. The molecular weight excluding hydrogens is 186 g/mol. The van der Waals surface area contributed by atoms with Crippen LogP contribution in [0.25, 0.3) is 0 Å². The van der Waals surface area contributed by atoms with Gasteiger partial charge in [0.15, 0.2) is 0 Å². The Morgan fingerprint density at radius 3 is 2.47 bits per heavy atom. The highest BCUT2D eigenvalue weighted by molar-refractivity contribution is 5.43. The predicted molar refractivity (Wildman–Crippen MR) is 62.1 cm³/mol. The third kappa shape index (κ3) is 2.00. The van der Waals surface area contributed by atoms with Crippen molar-refractivity contribution >= 4 is 0 Å². The van der Waals surface area contributed by atoms with Crippen molar-refractivity contribution in [3.05, 3.63) is 28.8 Å². The summed E-state index contributed by atoms with van der Waals surface area (Å²) < 4.78 is 5.30. The molecule has 1 aromatic carbocycles. The van der Waals surface area contributed by atoms with Gasteiger partial charge in [0, 0.05) is 6.04 Å². The average Bonchev–Trinajstić information content (AvgIpc) is 3.03. The Balaban J connectivity index is 2.34. The van der Waals surface area contributed by atoms with E-state index in [9.17, 15) is 0 Å². The van der Waals surface area contributed by atoms with E-state index in [1.54, 1.807) is 7.11 Å². The van der Waals surface area contributed by atoms with Gasteiger partial charge in [0.25, 0.3) is 0 Å². The van der Waals surface area contributed by atoms with Gasteiger partial charge in [-0.25, -0.2) is 0 Å². The summed E-state index contributed by atoms with van der Waals surface area (Å²) in [6.07, 6.45) is 2.57. The highest BCUT2D eigenvalue weighted by atomic mass is 16.5. The van der Waals surface area contributed by atoms with E-state index in [4.69, 9.17) is 10.5 Å². The summed E-state index contributed by atoms with van der Waals surface area (Å²) in [6.45, 7) is 4.18. The molecule has 15 heavy (non-hydrogen) atoms. The molecule has 0 amide bonds. The van der Waals surface area contributed by atoms with Crippen molar-refractivity contribution in [3.8, 4) is 5.75 Å². The Labute approximate surface area is 91.4 Å². The number of methoxy groups -OCH3 is 1. The van der Waals surface area contributed by atoms with Crippen molar-refractivity contribution in [2.45, 2.75) is 32.7 Å². The van der Waals surface area contributed by atoms with Crippen molar-refractivity contribution in [1.29, 1.82) is 0 Å². The molecule has 2 rings (SSSR count). The summed E-state index contributed by atoms with van der Waals surface area (Å²) in [5.41, 5.74) is 9.93. The van der Waals surface area contributed by atoms with Crippen LogP contribution in [0.1, 0.15) is 35.6 Å². The Hall–Kier alpha value is -1.02. The predicted octanol–water partition coefficient (Wildman–Crippen LogP) is 2.72. The maximum absolute atomic E-state index is 6.22. The lowest BCUT2D eigenvalue weighted by Gasteiger charge is -2.16. The second-order valence-corrected chi connectivity index (χ2v) is 4.54. The molecule has 0 aliphatic heterocycles. The SMILES string of the molecule is COc1cc(C)c(C(N)C2CC2)cc1C. The molecule has 0 bridgehead atoms. The second-order valence-electron chi connectivity index (χ2n) is 4.54. The first-order valence-electron chi connectivity index (χ1n) is 5.54. The molecule has 0 radical (unpaired) electrons. The van der Waals surface area contributed by atoms with Crippen LogP contribution in [-0.4, -0.2) is 7.11 Å². The summed E-state index contributed by atoms with van der Waals surface area (Å²) in [4.78, 5) is 0. The molecule has 1 fully saturated rings. The lowest BCUT2D eigenvalue weighted by molar-refractivity contribution is 0.411. The van der Waals surface area contributed by atoms with Crippen LogP contribution in [0.2, 0.25) is 0 Å². The first-order chi connectivity index (χ1) is 7.13. The number of rotatable bonds is 3. The zero-order chi connectivity index (χ0) is 11.0. The van der Waals surface area contributed by atoms with E-state index in [1.807, 2.05) is 0 Å². The topological polar surface area (TPSA) is 35.2 Å². The third-order valence-electron chi connectivity index (χ3n) is 3.27. The standard InChI is InChI=1S/C13H19NO/c1-8-7-12(15-3)9(2)6-11(8)13(14)10-4-5-10/h6-7,10,13H,4-5,14H2,1-3H3. The third-order valence-corrected chi connectivity index (χ3v) is 3.27. The van der Waals surface area contributed by atoms with Gasteiger partial charge in [0.2, 0.25) is 0 Å². The van der Waals surface area contributed by atoms with Crippen LogP contribution in [-0.2, 0) is 0 Å².